The van der Waals surface area contributed by atoms with Gasteiger partial charge in [-0.05, 0) is 17.2 Å². The summed E-state index contributed by atoms with van der Waals surface area (Å²) in [5.41, 5.74) is 3.01. The molecule has 2 nitrogen and oxygen atoms in total. The maximum atomic E-state index is 14.3. The third-order valence-corrected chi connectivity index (χ3v) is 3.39. The van der Waals surface area contributed by atoms with Crippen LogP contribution in [0, 0.1) is 5.82 Å². The van der Waals surface area contributed by atoms with Crippen LogP contribution in [-0.2, 0) is 6.54 Å². The van der Waals surface area contributed by atoms with Gasteiger partial charge in [-0.15, -0.1) is 0 Å². The zero-order chi connectivity index (χ0) is 12.5. The van der Waals surface area contributed by atoms with Crippen LogP contribution in [0.15, 0.2) is 42.5 Å². The molecule has 3 rings (SSSR count). The molecule has 1 heterocycles. The van der Waals surface area contributed by atoms with Gasteiger partial charge in [-0.2, -0.15) is 0 Å². The van der Waals surface area contributed by atoms with Gasteiger partial charge in [0.25, 0.3) is 0 Å². The van der Waals surface area contributed by atoms with Crippen LogP contribution < -0.4 is 10.1 Å². The second-order valence-electron chi connectivity index (χ2n) is 4.38. The monoisotopic (exact) mass is 243 g/mol. The summed E-state index contributed by atoms with van der Waals surface area (Å²) in [7, 11) is 1.48. The molecular formula is C15H14FNO. The fraction of sp³-hybridized carbons (Fsp3) is 0.200. The van der Waals surface area contributed by atoms with Crippen molar-refractivity contribution in [3.05, 3.63) is 65.0 Å². The van der Waals surface area contributed by atoms with E-state index in [1.54, 1.807) is 12.1 Å². The predicted octanol–water partition coefficient (Wildman–Crippen LogP) is 3.03. The second kappa shape index (κ2) is 4.42. The molecule has 3 heteroatoms. The number of rotatable bonds is 2. The molecule has 0 radical (unpaired) electrons. The van der Waals surface area contributed by atoms with Gasteiger partial charge in [0.05, 0.1) is 13.2 Å². The van der Waals surface area contributed by atoms with E-state index in [-0.39, 0.29) is 11.9 Å². The van der Waals surface area contributed by atoms with Crippen molar-refractivity contribution in [3.63, 3.8) is 0 Å². The van der Waals surface area contributed by atoms with Gasteiger partial charge in [-0.3, -0.25) is 0 Å². The molecule has 0 bridgehead atoms. The van der Waals surface area contributed by atoms with Crippen molar-refractivity contribution < 1.29 is 9.13 Å². The van der Waals surface area contributed by atoms with E-state index in [0.29, 0.717) is 11.3 Å². The minimum absolute atomic E-state index is 0.0868. The highest BCUT2D eigenvalue weighted by Gasteiger charge is 2.26. The van der Waals surface area contributed by atoms with Gasteiger partial charge in [0.1, 0.15) is 0 Å². The molecular weight excluding hydrogens is 229 g/mol. The number of fused-ring (bicyclic) bond motifs is 1. The third-order valence-electron chi connectivity index (χ3n) is 3.39. The quantitative estimate of drug-likeness (QED) is 0.875. The first-order valence-electron chi connectivity index (χ1n) is 5.95. The van der Waals surface area contributed by atoms with Gasteiger partial charge in [-0.25, -0.2) is 4.39 Å². The molecule has 0 amide bonds. The van der Waals surface area contributed by atoms with Crippen molar-refractivity contribution in [3.8, 4) is 5.75 Å². The summed E-state index contributed by atoms with van der Waals surface area (Å²) in [6.45, 7) is 0.775. The van der Waals surface area contributed by atoms with E-state index in [1.807, 2.05) is 24.3 Å². The fourth-order valence-electron chi connectivity index (χ4n) is 2.48. The smallest absolute Gasteiger partial charge is 0.170 e. The summed E-state index contributed by atoms with van der Waals surface area (Å²) >= 11 is 0. The van der Waals surface area contributed by atoms with Crippen LogP contribution in [0.4, 0.5) is 4.39 Å². The van der Waals surface area contributed by atoms with E-state index in [1.165, 1.54) is 12.7 Å². The minimum atomic E-state index is -0.283. The van der Waals surface area contributed by atoms with Crippen LogP contribution >= 0.6 is 0 Å². The Kier molecular flexibility index (Phi) is 2.76. The minimum Gasteiger partial charge on any atom is -0.494 e. The lowest BCUT2D eigenvalue weighted by Gasteiger charge is -2.15. The molecule has 2 aromatic carbocycles. The van der Waals surface area contributed by atoms with E-state index >= 15 is 0 Å². The molecule has 0 aromatic heterocycles. The summed E-state index contributed by atoms with van der Waals surface area (Å²) < 4.78 is 19.3. The first kappa shape index (κ1) is 11.2. The fourth-order valence-corrected chi connectivity index (χ4v) is 2.48. The highest BCUT2D eigenvalue weighted by Crippen LogP contribution is 2.34. The lowest BCUT2D eigenvalue weighted by Crippen LogP contribution is -2.15. The molecule has 1 aliphatic heterocycles. The average Bonchev–Trinajstić information content (AvgIpc) is 2.83. The van der Waals surface area contributed by atoms with E-state index < -0.39 is 0 Å². The number of halogens is 1. The molecule has 1 unspecified atom stereocenters. The van der Waals surface area contributed by atoms with Crippen LogP contribution in [0.1, 0.15) is 22.7 Å². The highest BCUT2D eigenvalue weighted by molar-refractivity contribution is 5.43. The summed E-state index contributed by atoms with van der Waals surface area (Å²) in [6.07, 6.45) is 0. The van der Waals surface area contributed by atoms with Gasteiger partial charge in [0, 0.05) is 12.1 Å². The Hall–Kier alpha value is -1.87. The number of methoxy groups -OCH3 is 1. The Bertz CT molecular complexity index is 582. The Morgan fingerprint density at radius 2 is 1.89 bits per heavy atom. The van der Waals surface area contributed by atoms with E-state index in [9.17, 15) is 4.39 Å². The lowest BCUT2D eigenvalue weighted by atomic mass is 9.98. The number of hydrogen-bond donors (Lipinski definition) is 1. The first-order chi connectivity index (χ1) is 8.81. The lowest BCUT2D eigenvalue weighted by molar-refractivity contribution is 0.382. The van der Waals surface area contributed by atoms with Crippen LogP contribution in [0.25, 0.3) is 0 Å². The number of nitrogens with one attached hydrogen (secondary N) is 1. The van der Waals surface area contributed by atoms with Gasteiger partial charge >= 0.3 is 0 Å². The second-order valence-corrected chi connectivity index (χ2v) is 4.38. The molecule has 92 valence electrons. The largest absolute Gasteiger partial charge is 0.494 e. The Labute approximate surface area is 105 Å². The van der Waals surface area contributed by atoms with Gasteiger partial charge in [0.2, 0.25) is 0 Å². The molecule has 1 atom stereocenters. The van der Waals surface area contributed by atoms with Crippen molar-refractivity contribution in [2.45, 2.75) is 12.6 Å². The van der Waals surface area contributed by atoms with E-state index in [0.717, 1.165) is 12.1 Å². The average molecular weight is 243 g/mol. The number of benzene rings is 2. The van der Waals surface area contributed by atoms with Crippen LogP contribution in [0.2, 0.25) is 0 Å². The Balaban J connectivity index is 2.08. The van der Waals surface area contributed by atoms with E-state index in [2.05, 4.69) is 11.4 Å². The summed E-state index contributed by atoms with van der Waals surface area (Å²) in [4.78, 5) is 0. The normalized spacial score (nSPS) is 17.6. The van der Waals surface area contributed by atoms with Crippen molar-refractivity contribution in [2.24, 2.45) is 0 Å². The summed E-state index contributed by atoms with van der Waals surface area (Å²) in [5, 5.41) is 3.33. The van der Waals surface area contributed by atoms with Crippen molar-refractivity contribution in [1.29, 1.82) is 0 Å². The van der Waals surface area contributed by atoms with E-state index in [4.69, 9.17) is 4.74 Å². The van der Waals surface area contributed by atoms with Crippen LogP contribution in [0.3, 0.4) is 0 Å². The maximum absolute atomic E-state index is 14.3. The van der Waals surface area contributed by atoms with Crippen molar-refractivity contribution in [2.75, 3.05) is 7.11 Å². The van der Waals surface area contributed by atoms with Gasteiger partial charge in [-0.1, -0.05) is 36.4 Å². The highest BCUT2D eigenvalue weighted by atomic mass is 19.1. The molecule has 2 aromatic rings. The van der Waals surface area contributed by atoms with Crippen LogP contribution in [0.5, 0.6) is 5.75 Å². The molecule has 18 heavy (non-hydrogen) atoms. The molecule has 0 saturated carbocycles. The summed E-state index contributed by atoms with van der Waals surface area (Å²) in [6, 6.07) is 13.3. The Morgan fingerprint density at radius 1 is 1.11 bits per heavy atom. The molecule has 0 spiro atoms. The summed E-state index contributed by atoms with van der Waals surface area (Å²) in [5.74, 6) is 0.00730. The molecule has 1 aliphatic rings. The first-order valence-corrected chi connectivity index (χ1v) is 5.95. The molecule has 1 N–H and O–H groups in total. The zero-order valence-electron chi connectivity index (χ0n) is 10.1. The maximum Gasteiger partial charge on any atom is 0.170 e. The third kappa shape index (κ3) is 1.68. The van der Waals surface area contributed by atoms with Gasteiger partial charge in [0.15, 0.2) is 11.6 Å². The number of ether oxygens (including phenoxy) is 1. The molecule has 0 saturated heterocycles. The van der Waals surface area contributed by atoms with Gasteiger partial charge < -0.3 is 10.1 Å². The topological polar surface area (TPSA) is 21.3 Å². The predicted molar refractivity (Wildman–Crippen MR) is 68.1 cm³/mol. The van der Waals surface area contributed by atoms with Crippen molar-refractivity contribution >= 4 is 0 Å². The number of hydrogen-bond acceptors (Lipinski definition) is 2. The van der Waals surface area contributed by atoms with Crippen molar-refractivity contribution in [1.82, 2.24) is 5.32 Å². The standard InChI is InChI=1S/C15H14FNO/c1-18-13-8-4-7-12(14(13)16)15-11-6-3-2-5-10(11)9-17-15/h2-8,15,17H,9H2,1H3. The molecule has 0 aliphatic carbocycles. The van der Waals surface area contributed by atoms with Crippen LogP contribution in [-0.4, -0.2) is 7.11 Å². The molecule has 0 fully saturated rings. The SMILES string of the molecule is COc1cccc(C2NCc3ccccc32)c1F. The zero-order valence-corrected chi connectivity index (χ0v) is 10.1. The Morgan fingerprint density at radius 3 is 2.72 bits per heavy atom.